The molecule has 3 rings (SSSR count). The summed E-state index contributed by atoms with van der Waals surface area (Å²) < 4.78 is 7.49. The Morgan fingerprint density at radius 1 is 1.08 bits per heavy atom. The minimum atomic E-state index is -0.211. The van der Waals surface area contributed by atoms with Gasteiger partial charge < -0.3 is 10.1 Å². The number of pyridine rings is 1. The van der Waals surface area contributed by atoms with Crippen LogP contribution < -0.4 is 10.1 Å². The molecule has 0 unspecified atom stereocenters. The predicted molar refractivity (Wildman–Crippen MR) is 91.3 cm³/mol. The number of amides is 1. The van der Waals surface area contributed by atoms with E-state index in [1.165, 1.54) is 0 Å². The standard InChI is InChI=1S/C18H18N4O2/c1-13(2)22-17(8-11-20-22)21-18(23)14-4-3-5-16(12-14)24-15-6-9-19-10-7-15/h3-13H,1-2H3,(H,21,23). The van der Waals surface area contributed by atoms with Crippen LogP contribution in [0.3, 0.4) is 0 Å². The molecule has 1 N–H and O–H groups in total. The normalized spacial score (nSPS) is 10.6. The highest BCUT2D eigenvalue weighted by molar-refractivity contribution is 6.04. The summed E-state index contributed by atoms with van der Waals surface area (Å²) in [6, 6.07) is 12.5. The number of aromatic nitrogens is 3. The summed E-state index contributed by atoms with van der Waals surface area (Å²) in [4.78, 5) is 16.4. The smallest absolute Gasteiger partial charge is 0.256 e. The van der Waals surface area contributed by atoms with Crippen molar-refractivity contribution in [3.8, 4) is 11.5 Å². The Kier molecular flexibility index (Phi) is 4.56. The van der Waals surface area contributed by atoms with Crippen molar-refractivity contribution in [1.29, 1.82) is 0 Å². The summed E-state index contributed by atoms with van der Waals surface area (Å²) in [6.07, 6.45) is 4.97. The van der Waals surface area contributed by atoms with Crippen molar-refractivity contribution in [2.75, 3.05) is 5.32 Å². The summed E-state index contributed by atoms with van der Waals surface area (Å²) in [7, 11) is 0. The molecule has 24 heavy (non-hydrogen) atoms. The molecule has 2 aromatic heterocycles. The van der Waals surface area contributed by atoms with Crippen LogP contribution in [0.15, 0.2) is 61.1 Å². The van der Waals surface area contributed by atoms with E-state index in [0.29, 0.717) is 22.9 Å². The van der Waals surface area contributed by atoms with Crippen molar-refractivity contribution in [3.05, 3.63) is 66.6 Å². The summed E-state index contributed by atoms with van der Waals surface area (Å²) >= 11 is 0. The molecule has 3 aromatic rings. The average Bonchev–Trinajstić information content (AvgIpc) is 3.04. The quantitative estimate of drug-likeness (QED) is 0.773. The van der Waals surface area contributed by atoms with Gasteiger partial charge in [-0.05, 0) is 44.2 Å². The Morgan fingerprint density at radius 2 is 1.88 bits per heavy atom. The third kappa shape index (κ3) is 3.60. The highest BCUT2D eigenvalue weighted by atomic mass is 16.5. The van der Waals surface area contributed by atoms with E-state index in [-0.39, 0.29) is 11.9 Å². The van der Waals surface area contributed by atoms with Crippen molar-refractivity contribution in [2.24, 2.45) is 0 Å². The van der Waals surface area contributed by atoms with Gasteiger partial charge in [-0.1, -0.05) is 6.07 Å². The lowest BCUT2D eigenvalue weighted by atomic mass is 10.2. The molecule has 1 aromatic carbocycles. The maximum absolute atomic E-state index is 12.5. The molecule has 0 radical (unpaired) electrons. The van der Waals surface area contributed by atoms with E-state index in [1.54, 1.807) is 65.7 Å². The molecule has 0 bridgehead atoms. The molecular formula is C18H18N4O2. The topological polar surface area (TPSA) is 69.0 Å². The highest BCUT2D eigenvalue weighted by Crippen LogP contribution is 2.22. The second kappa shape index (κ2) is 6.95. The largest absolute Gasteiger partial charge is 0.457 e. The van der Waals surface area contributed by atoms with Crippen LogP contribution in [0, 0.1) is 0 Å². The van der Waals surface area contributed by atoms with Gasteiger partial charge in [-0.2, -0.15) is 5.10 Å². The van der Waals surface area contributed by atoms with Gasteiger partial charge in [0.25, 0.3) is 5.91 Å². The van der Waals surface area contributed by atoms with Crippen LogP contribution in [0.5, 0.6) is 11.5 Å². The fraction of sp³-hybridized carbons (Fsp3) is 0.167. The summed E-state index contributed by atoms with van der Waals surface area (Å²) in [5, 5.41) is 7.08. The Labute approximate surface area is 140 Å². The number of nitrogens with one attached hydrogen (secondary N) is 1. The third-order valence-corrected chi connectivity index (χ3v) is 3.38. The van der Waals surface area contributed by atoms with Gasteiger partial charge in [0.05, 0.1) is 6.20 Å². The van der Waals surface area contributed by atoms with Gasteiger partial charge in [-0.3, -0.25) is 9.78 Å². The van der Waals surface area contributed by atoms with E-state index in [0.717, 1.165) is 0 Å². The summed E-state index contributed by atoms with van der Waals surface area (Å²) in [5.74, 6) is 1.71. The number of hydrogen-bond acceptors (Lipinski definition) is 4. The average molecular weight is 322 g/mol. The number of rotatable bonds is 5. The fourth-order valence-electron chi connectivity index (χ4n) is 2.26. The molecule has 6 nitrogen and oxygen atoms in total. The first-order valence-corrected chi connectivity index (χ1v) is 7.66. The molecule has 1 amide bonds. The van der Waals surface area contributed by atoms with Crippen LogP contribution in [0.2, 0.25) is 0 Å². The lowest BCUT2D eigenvalue weighted by Gasteiger charge is -2.12. The van der Waals surface area contributed by atoms with Crippen molar-refractivity contribution < 1.29 is 9.53 Å². The number of ether oxygens (including phenoxy) is 1. The predicted octanol–water partition coefficient (Wildman–Crippen LogP) is 3.90. The molecule has 0 saturated carbocycles. The van der Waals surface area contributed by atoms with Crippen LogP contribution >= 0.6 is 0 Å². The van der Waals surface area contributed by atoms with E-state index in [2.05, 4.69) is 15.4 Å². The monoisotopic (exact) mass is 322 g/mol. The number of anilines is 1. The molecular weight excluding hydrogens is 304 g/mol. The molecule has 0 aliphatic heterocycles. The van der Waals surface area contributed by atoms with Crippen molar-refractivity contribution in [1.82, 2.24) is 14.8 Å². The number of hydrogen-bond donors (Lipinski definition) is 1. The van der Waals surface area contributed by atoms with E-state index >= 15 is 0 Å². The number of nitrogens with zero attached hydrogens (tertiary/aromatic N) is 3. The molecule has 0 atom stereocenters. The second-order valence-electron chi connectivity index (χ2n) is 5.52. The fourth-order valence-corrected chi connectivity index (χ4v) is 2.26. The van der Waals surface area contributed by atoms with Gasteiger partial charge in [-0.25, -0.2) is 4.68 Å². The zero-order valence-electron chi connectivity index (χ0n) is 13.5. The maximum Gasteiger partial charge on any atom is 0.256 e. The van der Waals surface area contributed by atoms with Crippen LogP contribution in [-0.2, 0) is 0 Å². The Hall–Kier alpha value is -3.15. The molecule has 2 heterocycles. The van der Waals surface area contributed by atoms with Crippen LogP contribution in [0.4, 0.5) is 5.82 Å². The maximum atomic E-state index is 12.5. The summed E-state index contributed by atoms with van der Waals surface area (Å²) in [5.41, 5.74) is 0.512. The van der Waals surface area contributed by atoms with Crippen LogP contribution in [0.25, 0.3) is 0 Å². The minimum absolute atomic E-state index is 0.164. The molecule has 6 heteroatoms. The zero-order chi connectivity index (χ0) is 16.9. The molecule has 0 spiro atoms. The highest BCUT2D eigenvalue weighted by Gasteiger charge is 2.12. The Bertz CT molecular complexity index is 828. The van der Waals surface area contributed by atoms with Gasteiger partial charge in [0.2, 0.25) is 0 Å². The molecule has 0 fully saturated rings. The summed E-state index contributed by atoms with van der Waals surface area (Å²) in [6.45, 7) is 4.01. The molecule has 0 aliphatic rings. The van der Waals surface area contributed by atoms with Gasteiger partial charge in [0, 0.05) is 30.1 Å². The van der Waals surface area contributed by atoms with Gasteiger partial charge >= 0.3 is 0 Å². The Morgan fingerprint density at radius 3 is 2.62 bits per heavy atom. The van der Waals surface area contributed by atoms with E-state index < -0.39 is 0 Å². The molecule has 0 aliphatic carbocycles. The first-order chi connectivity index (χ1) is 11.6. The second-order valence-corrected chi connectivity index (χ2v) is 5.52. The van der Waals surface area contributed by atoms with E-state index in [4.69, 9.17) is 4.74 Å². The van der Waals surface area contributed by atoms with Crippen molar-refractivity contribution >= 4 is 11.7 Å². The number of benzene rings is 1. The van der Waals surface area contributed by atoms with E-state index in [9.17, 15) is 4.79 Å². The van der Waals surface area contributed by atoms with Crippen LogP contribution in [-0.4, -0.2) is 20.7 Å². The van der Waals surface area contributed by atoms with Gasteiger partial charge in [0.15, 0.2) is 0 Å². The van der Waals surface area contributed by atoms with Crippen molar-refractivity contribution in [2.45, 2.75) is 19.9 Å². The lowest BCUT2D eigenvalue weighted by molar-refractivity contribution is 0.102. The van der Waals surface area contributed by atoms with E-state index in [1.807, 2.05) is 13.8 Å². The first-order valence-electron chi connectivity index (χ1n) is 7.66. The third-order valence-electron chi connectivity index (χ3n) is 3.38. The van der Waals surface area contributed by atoms with Crippen LogP contribution in [0.1, 0.15) is 30.2 Å². The lowest BCUT2D eigenvalue weighted by Crippen LogP contribution is -2.16. The zero-order valence-corrected chi connectivity index (χ0v) is 13.5. The molecule has 0 saturated heterocycles. The number of carbonyl (C=O) groups is 1. The first kappa shape index (κ1) is 15.7. The minimum Gasteiger partial charge on any atom is -0.457 e. The SMILES string of the molecule is CC(C)n1nccc1NC(=O)c1cccc(Oc2ccncc2)c1. The van der Waals surface area contributed by atoms with Gasteiger partial charge in [-0.15, -0.1) is 0 Å². The van der Waals surface area contributed by atoms with Gasteiger partial charge in [0.1, 0.15) is 17.3 Å². The van der Waals surface area contributed by atoms with Crippen molar-refractivity contribution in [3.63, 3.8) is 0 Å². The molecule has 122 valence electrons. The number of carbonyl (C=O) groups excluding carboxylic acids is 1. The Balaban J connectivity index is 1.76.